The summed E-state index contributed by atoms with van der Waals surface area (Å²) in [7, 11) is -7.41. The van der Waals surface area contributed by atoms with E-state index in [9.17, 15) is 9.59 Å². The average molecular weight is 1130 g/mol. The first-order valence-electron chi connectivity index (χ1n) is 30.3. The molecular weight excluding hydrogens is 1020 g/mol. The zero-order valence-corrected chi connectivity index (χ0v) is 55.1. The highest BCUT2D eigenvalue weighted by molar-refractivity contribution is 6.75. The second-order valence-electron chi connectivity index (χ2n) is 29.3. The molecule has 0 amide bonds. The zero-order chi connectivity index (χ0) is 57.4. The van der Waals surface area contributed by atoms with E-state index < -0.39 is 55.5 Å². The van der Waals surface area contributed by atoms with Crippen molar-refractivity contribution in [1.29, 1.82) is 0 Å². The summed E-state index contributed by atoms with van der Waals surface area (Å²) in [5.74, 6) is 0.145. The van der Waals surface area contributed by atoms with Crippen LogP contribution in [0.4, 0.5) is 0 Å². The Balaban J connectivity index is 1.40. The van der Waals surface area contributed by atoms with E-state index in [1.54, 1.807) is 6.08 Å². The molecule has 0 spiro atoms. The number of esters is 1. The lowest BCUT2D eigenvalue weighted by Gasteiger charge is -2.54. The lowest BCUT2D eigenvalue weighted by molar-refractivity contribution is -0.264. The Labute approximate surface area is 471 Å². The number of rotatable bonds is 8. The largest absolute Gasteiger partial charge is 0.459 e. The minimum absolute atomic E-state index is 0.00223. The van der Waals surface area contributed by atoms with Gasteiger partial charge in [-0.15, -0.1) is 0 Å². The molecule has 6 heterocycles. The Morgan fingerprint density at radius 3 is 1.84 bits per heavy atom. The number of ether oxygens (including phenoxy) is 6. The van der Waals surface area contributed by atoms with Crippen LogP contribution in [0, 0.1) is 23.7 Å². The van der Waals surface area contributed by atoms with Crippen molar-refractivity contribution in [2.75, 3.05) is 0 Å². The van der Waals surface area contributed by atoms with Gasteiger partial charge in [0.2, 0.25) is 0 Å². The van der Waals surface area contributed by atoms with Gasteiger partial charge >= 0.3 is 5.97 Å². The standard InChI is InChI=1S/C63H110O11Si3/c1-23-26-48-41(4)37-53-56(69-48)44(7)57-54(68-53)38-52-42(5)39(2)35-47(67-52)32-34-49-40(3)36-46(66-49)31-29-45(64)30-33-51(72-75(17,18)61(8,9)10)59-60(74-77(21,22)63(14,15)16)58(73-76(19,20)62(11,12)13)43(6)50(70-59)27-24-25-28-55(65)71-57/h24-25,30,33,39,41,43-44,46-54,56-60H,3,5,23,26-29,31-32,34-38H2,1-2,4,6-22H3/b25-24?,33-30+/t39-,41-,43+,44+,46+,47+,48-,49?,50+,51+,52?,53+,54+,56+,57?,58+,59+,60+/m1/s1. The van der Waals surface area contributed by atoms with Crippen LogP contribution in [0.5, 0.6) is 0 Å². The van der Waals surface area contributed by atoms with Crippen LogP contribution in [0.25, 0.3) is 0 Å². The highest BCUT2D eigenvalue weighted by Gasteiger charge is 2.56. The van der Waals surface area contributed by atoms with E-state index in [2.05, 4.69) is 155 Å². The van der Waals surface area contributed by atoms with E-state index in [1.165, 1.54) is 0 Å². The molecular formula is C63H110O11Si3. The van der Waals surface area contributed by atoms with Crippen LogP contribution in [0.3, 0.4) is 0 Å². The number of hydrogen-bond donors (Lipinski definition) is 0. The van der Waals surface area contributed by atoms with Crippen LogP contribution in [-0.4, -0.2) is 122 Å². The molecule has 3 unspecified atom stereocenters. The smallest absolute Gasteiger partial charge is 0.310 e. The van der Waals surface area contributed by atoms with E-state index >= 15 is 0 Å². The Morgan fingerprint density at radius 2 is 1.22 bits per heavy atom. The molecule has 0 aromatic rings. The van der Waals surface area contributed by atoms with Crippen molar-refractivity contribution in [2.45, 2.75) is 314 Å². The van der Waals surface area contributed by atoms with E-state index in [0.29, 0.717) is 31.6 Å². The normalized spacial score (nSPS) is 38.6. The summed E-state index contributed by atoms with van der Waals surface area (Å²) in [6.07, 6.45) is 12.1. The summed E-state index contributed by atoms with van der Waals surface area (Å²) in [5, 5.41) is -0.317. The molecule has 6 bridgehead atoms. The number of carbonyl (C=O) groups excluding carboxylic acids is 2. The summed E-state index contributed by atoms with van der Waals surface area (Å²) < 4.78 is 64.5. The quantitative estimate of drug-likeness (QED) is 0.131. The van der Waals surface area contributed by atoms with Crippen molar-refractivity contribution in [2.24, 2.45) is 23.7 Å². The van der Waals surface area contributed by atoms with Crippen LogP contribution < -0.4 is 0 Å². The van der Waals surface area contributed by atoms with Gasteiger partial charge in [-0.2, -0.15) is 0 Å². The average Bonchev–Trinajstić information content (AvgIpc) is 3.69. The second kappa shape index (κ2) is 25.5. The van der Waals surface area contributed by atoms with Crippen molar-refractivity contribution in [3.8, 4) is 0 Å². The maximum absolute atomic E-state index is 14.3. The molecule has 6 rings (SSSR count). The molecule has 0 aromatic heterocycles. The third-order valence-corrected chi connectivity index (χ3v) is 33.6. The predicted molar refractivity (Wildman–Crippen MR) is 319 cm³/mol. The summed E-state index contributed by atoms with van der Waals surface area (Å²) in [6, 6.07) is 0. The first-order valence-corrected chi connectivity index (χ1v) is 39.0. The Hall–Kier alpha value is -1.57. The van der Waals surface area contributed by atoms with Gasteiger partial charge in [0.1, 0.15) is 12.2 Å². The molecule has 18 atom stereocenters. The van der Waals surface area contributed by atoms with Crippen molar-refractivity contribution in [1.82, 2.24) is 0 Å². The lowest BCUT2D eigenvalue weighted by atomic mass is 9.78. The Bertz CT molecular complexity index is 2080. The maximum atomic E-state index is 14.3. The molecule has 0 aromatic carbocycles. The fourth-order valence-electron chi connectivity index (χ4n) is 11.8. The molecule has 6 aliphatic heterocycles. The third kappa shape index (κ3) is 15.8. The van der Waals surface area contributed by atoms with Crippen LogP contribution in [0.2, 0.25) is 54.4 Å². The summed E-state index contributed by atoms with van der Waals surface area (Å²) in [6.45, 7) is 54.4. The monoisotopic (exact) mass is 1130 g/mol. The molecule has 5 saturated heterocycles. The fourth-order valence-corrected chi connectivity index (χ4v) is 15.8. The van der Waals surface area contributed by atoms with Crippen LogP contribution in [0.15, 0.2) is 48.6 Å². The molecule has 77 heavy (non-hydrogen) atoms. The Kier molecular flexibility index (Phi) is 21.4. The van der Waals surface area contributed by atoms with Gasteiger partial charge in [0, 0.05) is 24.7 Å². The van der Waals surface area contributed by atoms with Gasteiger partial charge in [0.25, 0.3) is 0 Å². The van der Waals surface area contributed by atoms with Gasteiger partial charge in [-0.25, -0.2) is 0 Å². The molecule has 0 aliphatic carbocycles. The SMILES string of the molecule is C=C1C[C@@H]2CCC(=O)/C=C/[C@H](O[Si](C)(C)C(C)(C)C)[C@@H]3O[C@@H](CC=CCC(=O)OC4[C@H](CC5O[C@@H](CCC1O2)C[C@@H](C)C5=C)O[C@H]1C[C@@H](C)[C@@H](CCC)O[C@H]1[C@@H]4C)[C@H](C)[C@H](O[Si](C)(C)C(C)(C)C)[C@@H]3O[Si](C)(C)C(C)(C)C. The van der Waals surface area contributed by atoms with Gasteiger partial charge in [-0.05, 0) is 135 Å². The predicted octanol–water partition coefficient (Wildman–Crippen LogP) is 15.0. The number of allylic oxidation sites excluding steroid dienone is 1. The van der Waals surface area contributed by atoms with Crippen molar-refractivity contribution in [3.05, 3.63) is 48.6 Å². The highest BCUT2D eigenvalue weighted by atomic mass is 28.4. The number of ketones is 1. The first kappa shape index (κ1) is 64.6. The van der Waals surface area contributed by atoms with Gasteiger partial charge in [0.05, 0.1) is 79.7 Å². The van der Waals surface area contributed by atoms with Crippen molar-refractivity contribution < 1.29 is 51.3 Å². The van der Waals surface area contributed by atoms with Crippen LogP contribution in [0.1, 0.15) is 174 Å². The van der Waals surface area contributed by atoms with E-state index in [1.807, 2.05) is 12.2 Å². The molecule has 0 saturated carbocycles. The van der Waals surface area contributed by atoms with Gasteiger partial charge < -0.3 is 41.7 Å². The fraction of sp³-hybridized carbons (Fsp3) is 0.841. The molecule has 14 heteroatoms. The van der Waals surface area contributed by atoms with E-state index in [4.69, 9.17) is 41.7 Å². The van der Waals surface area contributed by atoms with Gasteiger partial charge in [-0.1, -0.05) is 135 Å². The van der Waals surface area contributed by atoms with Crippen LogP contribution in [-0.2, 0) is 51.3 Å². The lowest BCUT2D eigenvalue weighted by Crippen LogP contribution is -2.65. The van der Waals surface area contributed by atoms with E-state index in [0.717, 1.165) is 56.1 Å². The van der Waals surface area contributed by atoms with Crippen molar-refractivity contribution >= 4 is 36.7 Å². The summed E-state index contributed by atoms with van der Waals surface area (Å²) in [4.78, 5) is 28.5. The highest BCUT2D eigenvalue weighted by Crippen LogP contribution is 2.48. The molecule has 0 radical (unpaired) electrons. The molecule has 5 fully saturated rings. The van der Waals surface area contributed by atoms with Gasteiger partial charge in [-0.3, -0.25) is 9.59 Å². The first-order chi connectivity index (χ1) is 35.5. The zero-order valence-electron chi connectivity index (χ0n) is 52.1. The number of carbonyl (C=O) groups is 2. The van der Waals surface area contributed by atoms with E-state index in [-0.39, 0.29) is 106 Å². The second-order valence-corrected chi connectivity index (χ2v) is 43.6. The third-order valence-electron chi connectivity index (χ3n) is 20.2. The summed E-state index contributed by atoms with van der Waals surface area (Å²) >= 11 is 0. The molecule has 6 aliphatic rings. The minimum atomic E-state index is -2.50. The summed E-state index contributed by atoms with van der Waals surface area (Å²) in [5.41, 5.74) is 2.14. The molecule has 11 nitrogen and oxygen atoms in total. The number of hydrogen-bond acceptors (Lipinski definition) is 11. The molecule has 0 N–H and O–H groups in total. The topological polar surface area (TPSA) is 117 Å². The minimum Gasteiger partial charge on any atom is -0.459 e. The van der Waals surface area contributed by atoms with Crippen molar-refractivity contribution in [3.63, 3.8) is 0 Å². The molecule has 440 valence electrons. The van der Waals surface area contributed by atoms with Crippen LogP contribution >= 0.6 is 0 Å². The van der Waals surface area contributed by atoms with Gasteiger partial charge in [0.15, 0.2) is 30.7 Å². The maximum Gasteiger partial charge on any atom is 0.310 e. The number of fused-ring (bicyclic) bond motifs is 8. The Morgan fingerprint density at radius 1 is 0.623 bits per heavy atom.